The van der Waals surface area contributed by atoms with E-state index < -0.39 is 0 Å². The van der Waals surface area contributed by atoms with Crippen LogP contribution in [0.25, 0.3) is 0 Å². The molecule has 0 aromatic carbocycles. The van der Waals surface area contributed by atoms with E-state index in [1.54, 1.807) is 6.33 Å². The zero-order valence-corrected chi connectivity index (χ0v) is 9.76. The summed E-state index contributed by atoms with van der Waals surface area (Å²) >= 11 is 0. The van der Waals surface area contributed by atoms with Crippen LogP contribution in [0.15, 0.2) is 6.33 Å². The summed E-state index contributed by atoms with van der Waals surface area (Å²) in [6.07, 6.45) is 5.07. The van der Waals surface area contributed by atoms with Gasteiger partial charge in [0.25, 0.3) is 0 Å². The van der Waals surface area contributed by atoms with Crippen LogP contribution >= 0.6 is 0 Å². The summed E-state index contributed by atoms with van der Waals surface area (Å²) in [5.41, 5.74) is 0. The second-order valence-electron chi connectivity index (χ2n) is 4.37. The van der Waals surface area contributed by atoms with Crippen molar-refractivity contribution in [2.24, 2.45) is 0 Å². The SMILES string of the molecule is CCCn1ncnc1CC(O)C1CCCN1. The first-order valence-corrected chi connectivity index (χ1v) is 6.09. The summed E-state index contributed by atoms with van der Waals surface area (Å²) in [5.74, 6) is 0.892. The number of hydrogen-bond acceptors (Lipinski definition) is 4. The lowest BCUT2D eigenvalue weighted by Gasteiger charge is -2.17. The lowest BCUT2D eigenvalue weighted by molar-refractivity contribution is 0.132. The van der Waals surface area contributed by atoms with Gasteiger partial charge in [0.2, 0.25) is 0 Å². The van der Waals surface area contributed by atoms with Gasteiger partial charge in [-0.25, -0.2) is 4.98 Å². The van der Waals surface area contributed by atoms with Crippen molar-refractivity contribution in [1.29, 1.82) is 0 Å². The number of aromatic nitrogens is 3. The van der Waals surface area contributed by atoms with E-state index in [1.807, 2.05) is 4.68 Å². The first-order valence-electron chi connectivity index (χ1n) is 6.09. The van der Waals surface area contributed by atoms with Gasteiger partial charge in [-0.15, -0.1) is 0 Å². The molecule has 2 unspecified atom stereocenters. The predicted molar refractivity (Wildman–Crippen MR) is 61.0 cm³/mol. The van der Waals surface area contributed by atoms with Gasteiger partial charge in [0.15, 0.2) is 0 Å². The van der Waals surface area contributed by atoms with Crippen LogP contribution in [0.2, 0.25) is 0 Å². The van der Waals surface area contributed by atoms with Crippen LogP contribution in [-0.4, -0.2) is 38.6 Å². The summed E-state index contributed by atoms with van der Waals surface area (Å²) in [6, 6.07) is 0.228. The van der Waals surface area contributed by atoms with E-state index in [0.717, 1.165) is 38.2 Å². The highest BCUT2D eigenvalue weighted by Crippen LogP contribution is 2.12. The molecule has 0 radical (unpaired) electrons. The lowest BCUT2D eigenvalue weighted by atomic mass is 10.1. The topological polar surface area (TPSA) is 63.0 Å². The maximum absolute atomic E-state index is 10.1. The van der Waals surface area contributed by atoms with Crippen LogP contribution in [-0.2, 0) is 13.0 Å². The molecule has 0 saturated carbocycles. The van der Waals surface area contributed by atoms with Gasteiger partial charge >= 0.3 is 0 Å². The maximum atomic E-state index is 10.1. The van der Waals surface area contributed by atoms with Crippen LogP contribution in [0.4, 0.5) is 0 Å². The fourth-order valence-corrected chi connectivity index (χ4v) is 2.21. The van der Waals surface area contributed by atoms with Gasteiger partial charge in [-0.3, -0.25) is 4.68 Å². The van der Waals surface area contributed by atoms with Crippen molar-refractivity contribution in [2.45, 2.75) is 51.3 Å². The number of aryl methyl sites for hydroxylation is 1. The van der Waals surface area contributed by atoms with Gasteiger partial charge < -0.3 is 10.4 Å². The molecule has 1 fully saturated rings. The molecule has 2 atom stereocenters. The molecule has 2 N–H and O–H groups in total. The third-order valence-corrected chi connectivity index (χ3v) is 3.09. The van der Waals surface area contributed by atoms with Crippen molar-refractivity contribution < 1.29 is 5.11 Å². The third-order valence-electron chi connectivity index (χ3n) is 3.09. The monoisotopic (exact) mass is 224 g/mol. The van der Waals surface area contributed by atoms with Crippen molar-refractivity contribution in [3.05, 3.63) is 12.2 Å². The molecule has 1 aliphatic heterocycles. The number of aliphatic hydroxyl groups excluding tert-OH is 1. The fraction of sp³-hybridized carbons (Fsp3) is 0.818. The molecule has 2 rings (SSSR count). The van der Waals surface area contributed by atoms with Crippen LogP contribution in [0.5, 0.6) is 0 Å². The van der Waals surface area contributed by atoms with Crippen molar-refractivity contribution >= 4 is 0 Å². The molecule has 2 heterocycles. The zero-order valence-electron chi connectivity index (χ0n) is 9.76. The Morgan fingerprint density at radius 2 is 2.56 bits per heavy atom. The maximum Gasteiger partial charge on any atom is 0.138 e. The van der Waals surface area contributed by atoms with Gasteiger partial charge in [-0.05, 0) is 25.8 Å². The van der Waals surface area contributed by atoms with E-state index in [9.17, 15) is 5.11 Å². The number of hydrogen-bond donors (Lipinski definition) is 2. The minimum Gasteiger partial charge on any atom is -0.391 e. The summed E-state index contributed by atoms with van der Waals surface area (Å²) in [4.78, 5) is 4.21. The van der Waals surface area contributed by atoms with Gasteiger partial charge in [0.1, 0.15) is 12.2 Å². The Morgan fingerprint density at radius 1 is 1.69 bits per heavy atom. The van der Waals surface area contributed by atoms with E-state index in [-0.39, 0.29) is 12.1 Å². The molecular formula is C11H20N4O. The molecule has 1 aliphatic rings. The molecule has 5 heteroatoms. The van der Waals surface area contributed by atoms with Crippen LogP contribution in [0, 0.1) is 0 Å². The standard InChI is InChI=1S/C11H20N4O/c1-2-6-15-11(13-8-14-15)7-10(16)9-4-3-5-12-9/h8-10,12,16H,2-7H2,1H3. The van der Waals surface area contributed by atoms with Gasteiger partial charge in [0, 0.05) is 19.0 Å². The van der Waals surface area contributed by atoms with E-state index in [0.29, 0.717) is 6.42 Å². The molecular weight excluding hydrogens is 204 g/mol. The van der Waals surface area contributed by atoms with E-state index in [1.165, 1.54) is 0 Å². The number of rotatable bonds is 5. The normalized spacial score (nSPS) is 22.5. The minimum atomic E-state index is -0.345. The summed E-state index contributed by atoms with van der Waals surface area (Å²) in [7, 11) is 0. The Labute approximate surface area is 95.9 Å². The van der Waals surface area contributed by atoms with Crippen molar-refractivity contribution in [1.82, 2.24) is 20.1 Å². The van der Waals surface area contributed by atoms with Crippen molar-refractivity contribution in [3.8, 4) is 0 Å². The summed E-state index contributed by atoms with van der Waals surface area (Å²) in [5, 5.41) is 17.5. The average molecular weight is 224 g/mol. The van der Waals surface area contributed by atoms with E-state index in [4.69, 9.17) is 0 Å². The van der Waals surface area contributed by atoms with E-state index >= 15 is 0 Å². The van der Waals surface area contributed by atoms with Crippen LogP contribution < -0.4 is 5.32 Å². The second kappa shape index (κ2) is 5.41. The molecule has 1 aromatic heterocycles. The third kappa shape index (κ3) is 2.59. The molecule has 16 heavy (non-hydrogen) atoms. The van der Waals surface area contributed by atoms with Gasteiger partial charge in [0.05, 0.1) is 6.10 Å². The molecule has 0 bridgehead atoms. The van der Waals surface area contributed by atoms with Gasteiger partial charge in [-0.1, -0.05) is 6.92 Å². The van der Waals surface area contributed by atoms with Crippen molar-refractivity contribution in [2.75, 3.05) is 6.54 Å². The molecule has 0 spiro atoms. The Morgan fingerprint density at radius 3 is 3.25 bits per heavy atom. The van der Waals surface area contributed by atoms with Crippen molar-refractivity contribution in [3.63, 3.8) is 0 Å². The molecule has 1 saturated heterocycles. The lowest BCUT2D eigenvalue weighted by Crippen LogP contribution is -2.36. The largest absolute Gasteiger partial charge is 0.391 e. The highest BCUT2D eigenvalue weighted by Gasteiger charge is 2.24. The quantitative estimate of drug-likeness (QED) is 0.757. The molecule has 90 valence electrons. The Kier molecular flexibility index (Phi) is 3.90. The van der Waals surface area contributed by atoms with E-state index in [2.05, 4.69) is 22.3 Å². The number of nitrogens with one attached hydrogen (secondary N) is 1. The highest BCUT2D eigenvalue weighted by molar-refractivity contribution is 4.92. The van der Waals surface area contributed by atoms with Crippen LogP contribution in [0.1, 0.15) is 32.0 Å². The predicted octanol–water partition coefficient (Wildman–Crippen LogP) is 0.343. The smallest absolute Gasteiger partial charge is 0.138 e. The first kappa shape index (κ1) is 11.5. The average Bonchev–Trinajstić information content (AvgIpc) is 2.90. The zero-order chi connectivity index (χ0) is 11.4. The number of aliphatic hydroxyl groups is 1. The fourth-order valence-electron chi connectivity index (χ4n) is 2.21. The number of nitrogens with zero attached hydrogens (tertiary/aromatic N) is 3. The van der Waals surface area contributed by atoms with Crippen LogP contribution in [0.3, 0.4) is 0 Å². The Balaban J connectivity index is 1.94. The molecule has 1 aromatic rings. The first-order chi connectivity index (χ1) is 7.81. The second-order valence-corrected chi connectivity index (χ2v) is 4.37. The molecule has 0 amide bonds. The molecule has 0 aliphatic carbocycles. The minimum absolute atomic E-state index is 0.228. The Bertz CT molecular complexity index is 320. The highest BCUT2D eigenvalue weighted by atomic mass is 16.3. The van der Waals surface area contributed by atoms with Gasteiger partial charge in [-0.2, -0.15) is 5.10 Å². The summed E-state index contributed by atoms with van der Waals surface area (Å²) < 4.78 is 1.89. The summed E-state index contributed by atoms with van der Waals surface area (Å²) in [6.45, 7) is 4.00. The Hall–Kier alpha value is -0.940. The molecule has 5 nitrogen and oxygen atoms in total.